The predicted molar refractivity (Wildman–Crippen MR) is 87.1 cm³/mol. The van der Waals surface area contributed by atoms with Crippen LogP contribution in [0.3, 0.4) is 0 Å². The van der Waals surface area contributed by atoms with E-state index in [0.717, 1.165) is 26.5 Å². The highest BCUT2D eigenvalue weighted by molar-refractivity contribution is 9.10. The van der Waals surface area contributed by atoms with Gasteiger partial charge >= 0.3 is 0 Å². The third-order valence-corrected chi connectivity index (χ3v) is 4.25. The molecular formula is C16H11BrClFN2. The van der Waals surface area contributed by atoms with Crippen LogP contribution in [0.15, 0.2) is 34.8 Å². The maximum atomic E-state index is 14.0. The van der Waals surface area contributed by atoms with Crippen molar-refractivity contribution in [3.05, 3.63) is 56.9 Å². The summed E-state index contributed by atoms with van der Waals surface area (Å²) in [5, 5.41) is 1.06. The van der Waals surface area contributed by atoms with Gasteiger partial charge < -0.3 is 0 Å². The molecule has 0 aliphatic carbocycles. The largest absolute Gasteiger partial charge is 0.227 e. The third kappa shape index (κ3) is 2.54. The fourth-order valence-electron chi connectivity index (χ4n) is 2.22. The molecule has 0 bridgehead atoms. The summed E-state index contributed by atoms with van der Waals surface area (Å²) in [6.07, 6.45) is 0. The normalized spacial score (nSPS) is 11.1. The predicted octanol–water partition coefficient (Wildman–Crippen LogP) is 5.47. The second kappa shape index (κ2) is 5.35. The van der Waals surface area contributed by atoms with Crippen molar-refractivity contribution in [2.24, 2.45) is 0 Å². The van der Waals surface area contributed by atoms with Crippen LogP contribution in [0.1, 0.15) is 11.1 Å². The molecule has 0 aliphatic rings. The minimum Gasteiger partial charge on any atom is -0.227 e. The molecule has 1 heterocycles. The van der Waals surface area contributed by atoms with Crippen molar-refractivity contribution in [2.75, 3.05) is 0 Å². The number of rotatable bonds is 1. The van der Waals surface area contributed by atoms with Gasteiger partial charge in [0.25, 0.3) is 0 Å². The summed E-state index contributed by atoms with van der Waals surface area (Å²) in [5.41, 5.74) is 2.99. The Hall–Kier alpha value is -1.52. The lowest BCUT2D eigenvalue weighted by atomic mass is 10.1. The summed E-state index contributed by atoms with van der Waals surface area (Å²) in [5.74, 6) is -0.0569. The molecule has 0 saturated carbocycles. The van der Waals surface area contributed by atoms with Crippen molar-refractivity contribution >= 4 is 38.4 Å². The fraction of sp³-hybridized carbons (Fsp3) is 0.125. The number of fused-ring (bicyclic) bond motifs is 1. The second-order valence-corrected chi connectivity index (χ2v) is 6.12. The first-order valence-electron chi connectivity index (χ1n) is 6.36. The van der Waals surface area contributed by atoms with Crippen molar-refractivity contribution in [3.8, 4) is 11.4 Å². The average molecular weight is 366 g/mol. The van der Waals surface area contributed by atoms with Crippen LogP contribution in [0.2, 0.25) is 5.15 Å². The van der Waals surface area contributed by atoms with Crippen molar-refractivity contribution in [3.63, 3.8) is 0 Å². The van der Waals surface area contributed by atoms with Crippen molar-refractivity contribution in [2.45, 2.75) is 13.8 Å². The SMILES string of the molecule is Cc1ccc(F)c(-c2nc(Cl)c3c(Br)ccc(C)c3n2)c1. The molecule has 3 aromatic rings. The van der Waals surface area contributed by atoms with E-state index in [1.54, 1.807) is 12.1 Å². The molecule has 106 valence electrons. The van der Waals surface area contributed by atoms with E-state index < -0.39 is 0 Å². The summed E-state index contributed by atoms with van der Waals surface area (Å²) in [7, 11) is 0. The van der Waals surface area contributed by atoms with Crippen molar-refractivity contribution in [1.29, 1.82) is 0 Å². The first-order chi connectivity index (χ1) is 9.97. The highest BCUT2D eigenvalue weighted by atomic mass is 79.9. The lowest BCUT2D eigenvalue weighted by Crippen LogP contribution is -1.96. The lowest BCUT2D eigenvalue weighted by Gasteiger charge is -2.09. The molecule has 0 saturated heterocycles. The van der Waals surface area contributed by atoms with E-state index in [0.29, 0.717) is 16.5 Å². The maximum absolute atomic E-state index is 14.0. The number of benzene rings is 2. The number of halogens is 3. The van der Waals surface area contributed by atoms with E-state index in [-0.39, 0.29) is 5.82 Å². The number of hydrogen-bond donors (Lipinski definition) is 0. The van der Waals surface area contributed by atoms with Crippen LogP contribution in [0.5, 0.6) is 0 Å². The minimum atomic E-state index is -0.358. The summed E-state index contributed by atoms with van der Waals surface area (Å²) in [6.45, 7) is 3.84. The first-order valence-corrected chi connectivity index (χ1v) is 7.53. The molecule has 0 atom stereocenters. The van der Waals surface area contributed by atoms with E-state index >= 15 is 0 Å². The molecular weight excluding hydrogens is 355 g/mol. The molecule has 0 N–H and O–H groups in total. The minimum absolute atomic E-state index is 0.301. The first kappa shape index (κ1) is 14.4. The summed E-state index contributed by atoms with van der Waals surface area (Å²) in [6, 6.07) is 8.69. The van der Waals surface area contributed by atoms with Crippen LogP contribution < -0.4 is 0 Å². The number of aryl methyl sites for hydroxylation is 2. The Balaban J connectivity index is 2.35. The maximum Gasteiger partial charge on any atom is 0.164 e. The van der Waals surface area contributed by atoms with Gasteiger partial charge in [0.1, 0.15) is 11.0 Å². The monoisotopic (exact) mass is 364 g/mol. The van der Waals surface area contributed by atoms with E-state index in [1.165, 1.54) is 6.07 Å². The van der Waals surface area contributed by atoms with Gasteiger partial charge in [-0.05, 0) is 53.5 Å². The molecule has 0 unspecified atom stereocenters. The third-order valence-electron chi connectivity index (χ3n) is 3.32. The van der Waals surface area contributed by atoms with Gasteiger partial charge in [-0.1, -0.05) is 29.3 Å². The molecule has 0 radical (unpaired) electrons. The molecule has 0 fully saturated rings. The highest BCUT2D eigenvalue weighted by Gasteiger charge is 2.15. The van der Waals surface area contributed by atoms with E-state index in [9.17, 15) is 4.39 Å². The van der Waals surface area contributed by atoms with Crippen LogP contribution in [0.25, 0.3) is 22.3 Å². The zero-order valence-corrected chi connectivity index (χ0v) is 13.8. The van der Waals surface area contributed by atoms with E-state index in [4.69, 9.17) is 11.6 Å². The van der Waals surface area contributed by atoms with Gasteiger partial charge in [-0.3, -0.25) is 0 Å². The van der Waals surface area contributed by atoms with Crippen LogP contribution in [0.4, 0.5) is 4.39 Å². The van der Waals surface area contributed by atoms with Gasteiger partial charge in [0, 0.05) is 4.47 Å². The van der Waals surface area contributed by atoms with Crippen LogP contribution >= 0.6 is 27.5 Å². The lowest BCUT2D eigenvalue weighted by molar-refractivity contribution is 0.629. The molecule has 1 aromatic heterocycles. The summed E-state index contributed by atoms with van der Waals surface area (Å²) in [4.78, 5) is 8.76. The zero-order chi connectivity index (χ0) is 15.1. The molecule has 2 aromatic carbocycles. The molecule has 5 heteroatoms. The Kier molecular flexibility index (Phi) is 3.68. The van der Waals surface area contributed by atoms with Gasteiger partial charge in [0.2, 0.25) is 0 Å². The van der Waals surface area contributed by atoms with Crippen molar-refractivity contribution < 1.29 is 4.39 Å². The topological polar surface area (TPSA) is 25.8 Å². The van der Waals surface area contributed by atoms with Gasteiger partial charge in [-0.25, -0.2) is 14.4 Å². The second-order valence-electron chi connectivity index (χ2n) is 4.91. The quantitative estimate of drug-likeness (QED) is 0.534. The van der Waals surface area contributed by atoms with Gasteiger partial charge in [0.05, 0.1) is 16.5 Å². The van der Waals surface area contributed by atoms with Crippen molar-refractivity contribution in [1.82, 2.24) is 9.97 Å². The summed E-state index contributed by atoms with van der Waals surface area (Å²) < 4.78 is 14.9. The van der Waals surface area contributed by atoms with E-state index in [1.807, 2.05) is 26.0 Å². The fourth-order valence-corrected chi connectivity index (χ4v) is 3.11. The van der Waals surface area contributed by atoms with Crippen LogP contribution in [-0.2, 0) is 0 Å². The van der Waals surface area contributed by atoms with Gasteiger partial charge in [-0.15, -0.1) is 0 Å². The smallest absolute Gasteiger partial charge is 0.164 e. The Morgan fingerprint density at radius 1 is 1.10 bits per heavy atom. The van der Waals surface area contributed by atoms with Crippen LogP contribution in [0, 0.1) is 19.7 Å². The molecule has 0 amide bonds. The Morgan fingerprint density at radius 3 is 2.62 bits per heavy atom. The molecule has 3 rings (SSSR count). The Morgan fingerprint density at radius 2 is 1.86 bits per heavy atom. The Bertz CT molecular complexity index is 865. The molecule has 21 heavy (non-hydrogen) atoms. The number of hydrogen-bond acceptors (Lipinski definition) is 2. The average Bonchev–Trinajstić information content (AvgIpc) is 2.45. The highest BCUT2D eigenvalue weighted by Crippen LogP contribution is 2.33. The molecule has 0 spiro atoms. The number of nitrogens with zero attached hydrogens (tertiary/aromatic N) is 2. The summed E-state index contributed by atoms with van der Waals surface area (Å²) >= 11 is 9.73. The zero-order valence-electron chi connectivity index (χ0n) is 11.4. The number of aromatic nitrogens is 2. The standard InChI is InChI=1S/C16H11BrClFN2/c1-8-3-6-12(19)10(7-8)16-20-14-9(2)4-5-11(17)13(14)15(18)21-16/h3-7H,1-2H3. The van der Waals surface area contributed by atoms with Crippen LogP contribution in [-0.4, -0.2) is 9.97 Å². The van der Waals surface area contributed by atoms with Gasteiger partial charge in [0.15, 0.2) is 5.82 Å². The Labute approximate surface area is 135 Å². The van der Waals surface area contributed by atoms with E-state index in [2.05, 4.69) is 25.9 Å². The molecule has 0 aliphatic heterocycles. The van der Waals surface area contributed by atoms with Gasteiger partial charge in [-0.2, -0.15) is 0 Å². The molecule has 2 nitrogen and oxygen atoms in total.